The van der Waals surface area contributed by atoms with E-state index in [1.807, 2.05) is 0 Å². The van der Waals surface area contributed by atoms with E-state index in [0.717, 1.165) is 12.1 Å². The van der Waals surface area contributed by atoms with Crippen LogP contribution in [0.4, 0.5) is 10.1 Å². The van der Waals surface area contributed by atoms with Crippen LogP contribution >= 0.6 is 11.6 Å². The summed E-state index contributed by atoms with van der Waals surface area (Å²) in [6.45, 7) is 0. The molecule has 0 aliphatic carbocycles. The van der Waals surface area contributed by atoms with Crippen molar-refractivity contribution in [2.75, 3.05) is 0 Å². The second-order valence-corrected chi connectivity index (χ2v) is 6.49. The lowest BCUT2D eigenvalue weighted by Gasteiger charge is -2.09. The van der Waals surface area contributed by atoms with E-state index in [1.54, 1.807) is 6.07 Å². The zero-order chi connectivity index (χ0) is 21.7. The smallest absolute Gasteiger partial charge is 0.343 e. The van der Waals surface area contributed by atoms with E-state index in [9.17, 15) is 24.1 Å². The number of rotatable bonds is 6. The summed E-state index contributed by atoms with van der Waals surface area (Å²) in [5.74, 6) is -2.03. The molecule has 0 atom stereocenters. The molecule has 0 aliphatic rings. The average Bonchev–Trinajstić information content (AvgIpc) is 2.74. The number of ether oxygens (including phenoxy) is 1. The van der Waals surface area contributed by atoms with Crippen molar-refractivity contribution in [1.29, 1.82) is 0 Å². The van der Waals surface area contributed by atoms with E-state index in [2.05, 4.69) is 0 Å². The SMILES string of the molecule is O=C(Oc1ccc(Cl)cc1C(=O)C=Cc1ccccc1F)c1cccc([N+](=O)[O-])c1. The summed E-state index contributed by atoms with van der Waals surface area (Å²) in [5.41, 5.74) is -0.138. The molecule has 0 aromatic heterocycles. The van der Waals surface area contributed by atoms with Crippen LogP contribution in [-0.4, -0.2) is 16.7 Å². The zero-order valence-corrected chi connectivity index (χ0v) is 16.0. The summed E-state index contributed by atoms with van der Waals surface area (Å²) in [5, 5.41) is 11.1. The maximum Gasteiger partial charge on any atom is 0.343 e. The van der Waals surface area contributed by atoms with Crippen LogP contribution in [-0.2, 0) is 0 Å². The van der Waals surface area contributed by atoms with Crippen LogP contribution in [0.25, 0.3) is 6.08 Å². The van der Waals surface area contributed by atoms with E-state index in [1.165, 1.54) is 60.7 Å². The Kier molecular flexibility index (Phi) is 6.34. The van der Waals surface area contributed by atoms with Gasteiger partial charge in [-0.15, -0.1) is 0 Å². The average molecular weight is 426 g/mol. The Bertz CT molecular complexity index is 1180. The second-order valence-electron chi connectivity index (χ2n) is 6.06. The van der Waals surface area contributed by atoms with Crippen LogP contribution in [0.15, 0.2) is 72.8 Å². The van der Waals surface area contributed by atoms with Crippen molar-refractivity contribution < 1.29 is 23.6 Å². The number of hydrogen-bond acceptors (Lipinski definition) is 5. The predicted molar refractivity (Wildman–Crippen MR) is 109 cm³/mol. The number of nitro benzene ring substituents is 1. The lowest BCUT2D eigenvalue weighted by Crippen LogP contribution is -2.11. The fraction of sp³-hybridized carbons (Fsp3) is 0. The molecule has 0 N–H and O–H groups in total. The van der Waals surface area contributed by atoms with Gasteiger partial charge in [0, 0.05) is 22.7 Å². The molecule has 0 saturated carbocycles. The Morgan fingerprint density at radius 3 is 2.53 bits per heavy atom. The highest BCUT2D eigenvalue weighted by atomic mass is 35.5. The summed E-state index contributed by atoms with van der Waals surface area (Å²) >= 11 is 5.96. The summed E-state index contributed by atoms with van der Waals surface area (Å²) < 4.78 is 19.0. The monoisotopic (exact) mass is 425 g/mol. The molecule has 0 saturated heterocycles. The van der Waals surface area contributed by atoms with E-state index in [4.69, 9.17) is 16.3 Å². The van der Waals surface area contributed by atoms with Gasteiger partial charge in [0.1, 0.15) is 11.6 Å². The molecule has 3 aromatic carbocycles. The number of hydrogen-bond donors (Lipinski definition) is 0. The summed E-state index contributed by atoms with van der Waals surface area (Å²) in [6, 6.07) is 15.0. The molecule has 3 aromatic rings. The highest BCUT2D eigenvalue weighted by Gasteiger charge is 2.18. The predicted octanol–water partition coefficient (Wildman–Crippen LogP) is 5.50. The largest absolute Gasteiger partial charge is 0.422 e. The van der Waals surface area contributed by atoms with Crippen LogP contribution in [0.3, 0.4) is 0 Å². The van der Waals surface area contributed by atoms with Gasteiger partial charge in [0.25, 0.3) is 5.69 Å². The van der Waals surface area contributed by atoms with Crippen LogP contribution in [0, 0.1) is 15.9 Å². The van der Waals surface area contributed by atoms with E-state index in [0.29, 0.717) is 0 Å². The van der Waals surface area contributed by atoms with E-state index in [-0.39, 0.29) is 33.1 Å². The number of carbonyl (C=O) groups excluding carboxylic acids is 2. The lowest BCUT2D eigenvalue weighted by molar-refractivity contribution is -0.384. The van der Waals surface area contributed by atoms with Gasteiger partial charge >= 0.3 is 5.97 Å². The minimum absolute atomic E-state index is 0.0196. The number of nitrogens with zero attached hydrogens (tertiary/aromatic N) is 1. The van der Waals surface area contributed by atoms with Gasteiger partial charge in [0.2, 0.25) is 0 Å². The molecule has 0 heterocycles. The lowest BCUT2D eigenvalue weighted by atomic mass is 10.1. The topological polar surface area (TPSA) is 86.5 Å². The number of carbonyl (C=O) groups is 2. The Balaban J connectivity index is 1.87. The standard InChI is InChI=1S/C22H13ClFNO5/c23-16-9-11-21(30-22(27)15-5-3-6-17(12-15)25(28)29)18(13-16)20(26)10-8-14-4-1-2-7-19(14)24/h1-13H. The first kappa shape index (κ1) is 20.9. The van der Waals surface area contributed by atoms with Crippen molar-refractivity contribution in [3.05, 3.63) is 110 Å². The number of esters is 1. The van der Waals surface area contributed by atoms with Gasteiger partial charge in [-0.25, -0.2) is 9.18 Å². The third-order valence-electron chi connectivity index (χ3n) is 4.02. The van der Waals surface area contributed by atoms with Crippen molar-refractivity contribution in [3.63, 3.8) is 0 Å². The minimum atomic E-state index is -0.881. The third kappa shape index (κ3) is 4.95. The Labute approximate surface area is 175 Å². The third-order valence-corrected chi connectivity index (χ3v) is 4.26. The van der Waals surface area contributed by atoms with Crippen molar-refractivity contribution in [2.24, 2.45) is 0 Å². The van der Waals surface area contributed by atoms with Gasteiger partial charge in [-0.1, -0.05) is 35.9 Å². The Hall–Kier alpha value is -3.84. The summed E-state index contributed by atoms with van der Waals surface area (Å²) in [4.78, 5) is 35.3. The molecular weight excluding hydrogens is 413 g/mol. The first-order valence-corrected chi connectivity index (χ1v) is 8.96. The first-order chi connectivity index (χ1) is 14.3. The molecule has 0 bridgehead atoms. The van der Waals surface area contributed by atoms with Crippen molar-refractivity contribution >= 4 is 35.1 Å². The van der Waals surface area contributed by atoms with Crippen LogP contribution in [0.1, 0.15) is 26.3 Å². The molecule has 150 valence electrons. The zero-order valence-electron chi connectivity index (χ0n) is 15.2. The van der Waals surface area contributed by atoms with Gasteiger partial charge in [0.05, 0.1) is 16.1 Å². The van der Waals surface area contributed by atoms with Gasteiger partial charge in [-0.3, -0.25) is 14.9 Å². The Morgan fingerprint density at radius 1 is 1.03 bits per heavy atom. The molecule has 0 amide bonds. The first-order valence-electron chi connectivity index (χ1n) is 8.58. The minimum Gasteiger partial charge on any atom is -0.422 e. The van der Waals surface area contributed by atoms with Gasteiger partial charge in [-0.2, -0.15) is 0 Å². The summed E-state index contributed by atoms with van der Waals surface area (Å²) in [7, 11) is 0. The Morgan fingerprint density at radius 2 is 1.80 bits per heavy atom. The molecule has 30 heavy (non-hydrogen) atoms. The van der Waals surface area contributed by atoms with E-state index >= 15 is 0 Å². The molecule has 0 aliphatic heterocycles. The normalized spacial score (nSPS) is 10.7. The van der Waals surface area contributed by atoms with E-state index < -0.39 is 22.5 Å². The number of allylic oxidation sites excluding steroid dienone is 1. The number of halogens is 2. The highest BCUT2D eigenvalue weighted by Crippen LogP contribution is 2.26. The molecular formula is C22H13ClFNO5. The number of non-ortho nitro benzene ring substituents is 1. The second kappa shape index (κ2) is 9.11. The maximum absolute atomic E-state index is 13.7. The van der Waals surface area contributed by atoms with Crippen molar-refractivity contribution in [1.82, 2.24) is 0 Å². The fourth-order valence-corrected chi connectivity index (χ4v) is 2.73. The van der Waals surface area contributed by atoms with Gasteiger partial charge in [0.15, 0.2) is 5.78 Å². The molecule has 0 unspecified atom stereocenters. The summed E-state index contributed by atoms with van der Waals surface area (Å²) in [6.07, 6.45) is 2.43. The number of nitro groups is 1. The molecule has 6 nitrogen and oxygen atoms in total. The van der Waals surface area contributed by atoms with Crippen LogP contribution < -0.4 is 4.74 Å². The molecule has 3 rings (SSSR count). The quantitative estimate of drug-likeness (QED) is 0.130. The number of ketones is 1. The molecule has 8 heteroatoms. The van der Waals surface area contributed by atoms with Crippen LogP contribution in [0.2, 0.25) is 5.02 Å². The highest BCUT2D eigenvalue weighted by molar-refractivity contribution is 6.31. The molecule has 0 radical (unpaired) electrons. The van der Waals surface area contributed by atoms with Crippen molar-refractivity contribution in [2.45, 2.75) is 0 Å². The van der Waals surface area contributed by atoms with Crippen LogP contribution in [0.5, 0.6) is 5.75 Å². The molecule has 0 spiro atoms. The number of benzene rings is 3. The van der Waals surface area contributed by atoms with Gasteiger partial charge < -0.3 is 4.74 Å². The fourth-order valence-electron chi connectivity index (χ4n) is 2.55. The molecule has 0 fully saturated rings. The maximum atomic E-state index is 13.7. The van der Waals surface area contributed by atoms with Crippen molar-refractivity contribution in [3.8, 4) is 5.75 Å². The van der Waals surface area contributed by atoms with Gasteiger partial charge in [-0.05, 0) is 42.5 Å².